The Morgan fingerprint density at radius 3 is 2.88 bits per heavy atom. The van der Waals surface area contributed by atoms with E-state index in [2.05, 4.69) is 32.7 Å². The molecule has 0 amide bonds. The van der Waals surface area contributed by atoms with Crippen LogP contribution in [0, 0.1) is 0 Å². The third kappa shape index (κ3) is 5.42. The van der Waals surface area contributed by atoms with E-state index in [4.69, 9.17) is 4.99 Å². The van der Waals surface area contributed by atoms with Crippen molar-refractivity contribution in [2.75, 3.05) is 39.3 Å². The van der Waals surface area contributed by atoms with Crippen molar-refractivity contribution in [2.45, 2.75) is 39.0 Å². The number of aryl methyl sites for hydroxylation is 1. The molecule has 0 aliphatic carbocycles. The van der Waals surface area contributed by atoms with Crippen LogP contribution in [0.4, 0.5) is 0 Å². The second-order valence-electron chi connectivity index (χ2n) is 6.74. The smallest absolute Gasteiger partial charge is 0.191 e. The van der Waals surface area contributed by atoms with Gasteiger partial charge in [0.25, 0.3) is 0 Å². The van der Waals surface area contributed by atoms with Crippen molar-refractivity contribution in [2.24, 2.45) is 4.99 Å². The van der Waals surface area contributed by atoms with E-state index < -0.39 is 0 Å². The van der Waals surface area contributed by atoms with Crippen molar-refractivity contribution in [3.8, 4) is 0 Å². The fourth-order valence-electron chi connectivity index (χ4n) is 3.35. The van der Waals surface area contributed by atoms with Crippen LogP contribution < -0.4 is 10.6 Å². The van der Waals surface area contributed by atoms with Crippen molar-refractivity contribution in [3.63, 3.8) is 0 Å². The predicted octanol–water partition coefficient (Wildman–Crippen LogP) is 1.70. The van der Waals surface area contributed by atoms with Gasteiger partial charge in [0, 0.05) is 38.8 Å². The van der Waals surface area contributed by atoms with Crippen molar-refractivity contribution in [3.05, 3.63) is 30.2 Å². The molecule has 2 N–H and O–H groups in total. The maximum absolute atomic E-state index is 4.69. The third-order valence-corrected chi connectivity index (χ3v) is 4.73. The van der Waals surface area contributed by atoms with E-state index in [1.54, 1.807) is 0 Å². The molecule has 0 bridgehead atoms. The lowest BCUT2D eigenvalue weighted by molar-refractivity contribution is 0.232. The molecular formula is C19H31N7. The number of hydrogen-bond acceptors (Lipinski definition) is 4. The van der Waals surface area contributed by atoms with Crippen LogP contribution in [0.15, 0.2) is 29.4 Å². The first-order valence-corrected chi connectivity index (χ1v) is 9.90. The Kier molecular flexibility index (Phi) is 7.25. The lowest BCUT2D eigenvalue weighted by atomic mass is 10.1. The summed E-state index contributed by atoms with van der Waals surface area (Å²) < 4.78 is 2.05. The average molecular weight is 358 g/mol. The lowest BCUT2D eigenvalue weighted by Gasteiger charge is -2.26. The van der Waals surface area contributed by atoms with Crippen LogP contribution in [-0.2, 0) is 6.42 Å². The largest absolute Gasteiger partial charge is 0.357 e. The van der Waals surface area contributed by atoms with Gasteiger partial charge in [0.2, 0.25) is 0 Å². The summed E-state index contributed by atoms with van der Waals surface area (Å²) in [7, 11) is 0. The van der Waals surface area contributed by atoms with Gasteiger partial charge in [-0.05, 0) is 51.4 Å². The molecule has 7 heteroatoms. The topological polar surface area (TPSA) is 69.8 Å². The highest BCUT2D eigenvalue weighted by molar-refractivity contribution is 5.79. The van der Waals surface area contributed by atoms with E-state index in [1.165, 1.54) is 32.4 Å². The van der Waals surface area contributed by atoms with Gasteiger partial charge in [0.05, 0.1) is 0 Å². The Bertz CT molecular complexity index is 688. The molecule has 1 aliphatic rings. The minimum Gasteiger partial charge on any atom is -0.357 e. The summed E-state index contributed by atoms with van der Waals surface area (Å²) >= 11 is 0. The summed E-state index contributed by atoms with van der Waals surface area (Å²) in [6.45, 7) is 8.27. The van der Waals surface area contributed by atoms with Gasteiger partial charge in [0.1, 0.15) is 5.82 Å². The van der Waals surface area contributed by atoms with Crippen molar-refractivity contribution >= 4 is 11.6 Å². The highest BCUT2D eigenvalue weighted by Gasteiger charge is 2.09. The van der Waals surface area contributed by atoms with Gasteiger partial charge in [-0.15, -0.1) is 10.2 Å². The van der Waals surface area contributed by atoms with Crippen LogP contribution in [0.5, 0.6) is 0 Å². The van der Waals surface area contributed by atoms with Crippen LogP contribution >= 0.6 is 0 Å². The number of pyridine rings is 1. The third-order valence-electron chi connectivity index (χ3n) is 4.73. The van der Waals surface area contributed by atoms with Crippen LogP contribution in [0.2, 0.25) is 0 Å². The van der Waals surface area contributed by atoms with E-state index in [0.29, 0.717) is 0 Å². The Morgan fingerprint density at radius 2 is 2.04 bits per heavy atom. The maximum atomic E-state index is 4.69. The Morgan fingerprint density at radius 1 is 1.15 bits per heavy atom. The summed E-state index contributed by atoms with van der Waals surface area (Å²) in [5.74, 6) is 1.91. The molecule has 1 fully saturated rings. The molecule has 1 aliphatic heterocycles. The molecule has 0 atom stereocenters. The molecule has 1 saturated heterocycles. The number of fused-ring (bicyclic) bond motifs is 1. The summed E-state index contributed by atoms with van der Waals surface area (Å²) in [6, 6.07) is 5.97. The predicted molar refractivity (Wildman–Crippen MR) is 106 cm³/mol. The molecular weight excluding hydrogens is 326 g/mol. The minimum absolute atomic E-state index is 0.779. The number of nitrogens with one attached hydrogen (secondary N) is 2. The fourth-order valence-corrected chi connectivity index (χ4v) is 3.35. The van der Waals surface area contributed by atoms with Crippen LogP contribution in [-0.4, -0.2) is 64.7 Å². The first-order valence-electron chi connectivity index (χ1n) is 9.90. The SMILES string of the molecule is CCNC(=NCCCc1nnc2ccccn12)NCCN1CCCCC1. The highest BCUT2D eigenvalue weighted by atomic mass is 15.2. The molecule has 26 heavy (non-hydrogen) atoms. The molecule has 3 rings (SSSR count). The van der Waals surface area contributed by atoms with E-state index >= 15 is 0 Å². The average Bonchev–Trinajstić information content (AvgIpc) is 3.09. The van der Waals surface area contributed by atoms with Crippen molar-refractivity contribution in [1.29, 1.82) is 0 Å². The van der Waals surface area contributed by atoms with Crippen molar-refractivity contribution in [1.82, 2.24) is 30.1 Å². The normalized spacial score (nSPS) is 16.1. The van der Waals surface area contributed by atoms with Crippen molar-refractivity contribution < 1.29 is 0 Å². The summed E-state index contributed by atoms with van der Waals surface area (Å²) in [6.07, 6.45) is 7.91. The molecule has 7 nitrogen and oxygen atoms in total. The number of nitrogens with zero attached hydrogens (tertiary/aromatic N) is 5. The minimum atomic E-state index is 0.779. The van der Waals surface area contributed by atoms with Crippen LogP contribution in [0.1, 0.15) is 38.4 Å². The van der Waals surface area contributed by atoms with E-state index in [9.17, 15) is 0 Å². The van der Waals surface area contributed by atoms with Gasteiger partial charge in [-0.1, -0.05) is 12.5 Å². The zero-order chi connectivity index (χ0) is 18.0. The second-order valence-corrected chi connectivity index (χ2v) is 6.74. The number of likely N-dealkylation sites (tertiary alicyclic amines) is 1. The Hall–Kier alpha value is -2.15. The zero-order valence-corrected chi connectivity index (χ0v) is 15.8. The lowest BCUT2D eigenvalue weighted by Crippen LogP contribution is -2.42. The molecule has 0 aromatic carbocycles. The molecule has 2 aromatic rings. The first kappa shape index (κ1) is 18.6. The number of aliphatic imine (C=N–C) groups is 1. The molecule has 3 heterocycles. The summed E-state index contributed by atoms with van der Waals surface area (Å²) in [4.78, 5) is 7.23. The Labute approximate surface area is 155 Å². The number of piperidine rings is 1. The number of hydrogen-bond donors (Lipinski definition) is 2. The maximum Gasteiger partial charge on any atom is 0.191 e. The number of rotatable bonds is 8. The zero-order valence-electron chi connectivity index (χ0n) is 15.8. The molecule has 142 valence electrons. The first-order chi connectivity index (χ1) is 12.9. The van der Waals surface area contributed by atoms with Gasteiger partial charge >= 0.3 is 0 Å². The van der Waals surface area contributed by atoms with Crippen LogP contribution in [0.25, 0.3) is 5.65 Å². The van der Waals surface area contributed by atoms with Gasteiger partial charge in [-0.2, -0.15) is 0 Å². The standard InChI is InChI=1S/C19H31N7/c1-2-20-19(22-12-16-25-13-5-3-6-14-25)21-11-8-10-18-24-23-17-9-4-7-15-26(17)18/h4,7,9,15H,2-3,5-6,8,10-14,16H2,1H3,(H2,20,21,22). The van der Waals surface area contributed by atoms with Crippen LogP contribution in [0.3, 0.4) is 0 Å². The van der Waals surface area contributed by atoms with Gasteiger partial charge in [0.15, 0.2) is 11.6 Å². The fraction of sp³-hybridized carbons (Fsp3) is 0.632. The molecule has 0 spiro atoms. The highest BCUT2D eigenvalue weighted by Crippen LogP contribution is 2.07. The summed E-state index contributed by atoms with van der Waals surface area (Å²) in [5, 5.41) is 15.3. The van der Waals surface area contributed by atoms with E-state index in [1.807, 2.05) is 28.8 Å². The number of aromatic nitrogens is 3. The molecule has 0 saturated carbocycles. The van der Waals surface area contributed by atoms with Gasteiger partial charge in [-0.25, -0.2) is 0 Å². The Balaban J connectivity index is 1.41. The quantitative estimate of drug-likeness (QED) is 0.428. The molecule has 2 aromatic heterocycles. The van der Waals surface area contributed by atoms with E-state index in [0.717, 1.165) is 56.5 Å². The number of guanidine groups is 1. The van der Waals surface area contributed by atoms with E-state index in [-0.39, 0.29) is 0 Å². The summed E-state index contributed by atoms with van der Waals surface area (Å²) in [5.41, 5.74) is 0.902. The van der Waals surface area contributed by atoms with Gasteiger partial charge in [-0.3, -0.25) is 9.39 Å². The molecule has 0 radical (unpaired) electrons. The van der Waals surface area contributed by atoms with Gasteiger partial charge < -0.3 is 15.5 Å². The second kappa shape index (κ2) is 10.1. The molecule has 0 unspecified atom stereocenters. The monoisotopic (exact) mass is 357 g/mol.